The predicted molar refractivity (Wildman–Crippen MR) is 145 cm³/mol. The van der Waals surface area contributed by atoms with E-state index in [0.29, 0.717) is 56.8 Å². The van der Waals surface area contributed by atoms with Crippen molar-refractivity contribution in [2.24, 2.45) is 0 Å². The Morgan fingerprint density at radius 3 is 2.72 bits per heavy atom. The van der Waals surface area contributed by atoms with Crippen molar-refractivity contribution in [1.29, 1.82) is 5.26 Å². The van der Waals surface area contributed by atoms with Crippen LogP contribution in [0.4, 0.5) is 20.7 Å². The van der Waals surface area contributed by atoms with Gasteiger partial charge in [0, 0.05) is 49.0 Å². The second kappa shape index (κ2) is 11.2. The van der Waals surface area contributed by atoms with Gasteiger partial charge in [0.05, 0.1) is 30.8 Å². The molecule has 10 nitrogen and oxygen atoms in total. The molecule has 3 aliphatic rings. The first kappa shape index (κ1) is 26.9. The summed E-state index contributed by atoms with van der Waals surface area (Å²) >= 11 is 0. The third-order valence-electron chi connectivity index (χ3n) is 8.34. The van der Waals surface area contributed by atoms with Crippen molar-refractivity contribution in [2.45, 2.75) is 58.2 Å². The summed E-state index contributed by atoms with van der Waals surface area (Å²) in [6.45, 7) is 7.63. The van der Waals surface area contributed by atoms with Crippen LogP contribution in [-0.2, 0) is 13.0 Å². The maximum absolute atomic E-state index is 14.5. The molecule has 5 rings (SSSR count). The molecule has 3 aliphatic heterocycles. The van der Waals surface area contributed by atoms with Crippen LogP contribution in [0, 0.1) is 31.0 Å². The largest absolute Gasteiger partial charge is 0.465 e. The number of fused-ring (bicyclic) bond motifs is 1. The van der Waals surface area contributed by atoms with E-state index in [1.165, 1.54) is 11.0 Å². The van der Waals surface area contributed by atoms with Crippen molar-refractivity contribution in [2.75, 3.05) is 56.2 Å². The first-order chi connectivity index (χ1) is 18.8. The van der Waals surface area contributed by atoms with Crippen LogP contribution in [0.1, 0.15) is 41.6 Å². The number of rotatable bonds is 6. The number of nitriles is 1. The van der Waals surface area contributed by atoms with Crippen molar-refractivity contribution in [3.63, 3.8) is 0 Å². The topological polar surface area (TPSA) is 109 Å². The predicted octanol–water partition coefficient (Wildman–Crippen LogP) is 3.35. The molecule has 2 saturated heterocycles. The van der Waals surface area contributed by atoms with Crippen LogP contribution < -0.4 is 14.5 Å². The average molecular weight is 538 g/mol. The molecular formula is C28H36FN7O3. The zero-order valence-electron chi connectivity index (χ0n) is 22.9. The number of halogens is 1. The second-order valence-electron chi connectivity index (χ2n) is 10.8. The highest BCUT2D eigenvalue weighted by atomic mass is 19.1. The highest BCUT2D eigenvalue weighted by molar-refractivity contribution is 5.67. The number of carboxylic acid groups (broad SMARTS) is 1. The number of aromatic nitrogens is 2. The highest BCUT2D eigenvalue weighted by Crippen LogP contribution is 2.35. The summed E-state index contributed by atoms with van der Waals surface area (Å²) < 4.78 is 20.7. The lowest BCUT2D eigenvalue weighted by Gasteiger charge is -2.41. The van der Waals surface area contributed by atoms with Crippen molar-refractivity contribution in [1.82, 2.24) is 19.8 Å². The number of anilines is 2. The molecule has 0 unspecified atom stereocenters. The number of aryl methyl sites for hydroxylation is 1. The van der Waals surface area contributed by atoms with E-state index < -0.39 is 12.1 Å². The molecule has 2 fully saturated rings. The normalized spacial score (nSPS) is 21.6. The van der Waals surface area contributed by atoms with E-state index in [4.69, 9.17) is 14.7 Å². The quantitative estimate of drug-likeness (QED) is 0.593. The van der Waals surface area contributed by atoms with E-state index in [1.807, 2.05) is 19.9 Å². The molecule has 0 spiro atoms. The summed E-state index contributed by atoms with van der Waals surface area (Å²) in [4.78, 5) is 29.3. The highest BCUT2D eigenvalue weighted by Gasteiger charge is 2.34. The van der Waals surface area contributed by atoms with Gasteiger partial charge < -0.3 is 29.4 Å². The van der Waals surface area contributed by atoms with Gasteiger partial charge in [0.15, 0.2) is 0 Å². The van der Waals surface area contributed by atoms with Gasteiger partial charge in [-0.3, -0.25) is 0 Å². The average Bonchev–Trinajstić information content (AvgIpc) is 3.33. The maximum atomic E-state index is 14.5. The van der Waals surface area contributed by atoms with Crippen LogP contribution in [-0.4, -0.2) is 89.4 Å². The van der Waals surface area contributed by atoms with Crippen LogP contribution >= 0.6 is 0 Å². The minimum Gasteiger partial charge on any atom is -0.465 e. The first-order valence-corrected chi connectivity index (χ1v) is 13.6. The fraction of sp³-hybridized carbons (Fsp3) is 0.571. The van der Waals surface area contributed by atoms with Gasteiger partial charge in [-0.2, -0.15) is 15.2 Å². The Hall–Kier alpha value is -3.65. The molecule has 0 radical (unpaired) electrons. The van der Waals surface area contributed by atoms with Gasteiger partial charge >= 0.3 is 12.1 Å². The Morgan fingerprint density at radius 2 is 2.00 bits per heavy atom. The summed E-state index contributed by atoms with van der Waals surface area (Å²) in [5.74, 6) is 0.518. The molecule has 0 saturated carbocycles. The SMILES string of the molecule is Cc1ccc(F)c(C)c1N1CCc2c(nc(OC[C@@H]3CCCN3C)nc2N2CCN(C(=O)O)[C@@H](CC#N)C2)C1. The molecule has 4 heterocycles. The lowest BCUT2D eigenvalue weighted by molar-refractivity contribution is 0.119. The number of piperazine rings is 1. The number of likely N-dealkylation sites (tertiary alicyclic amines) is 1. The molecule has 1 amide bonds. The number of hydrogen-bond donors (Lipinski definition) is 1. The summed E-state index contributed by atoms with van der Waals surface area (Å²) in [7, 11) is 2.10. The number of benzene rings is 1. The molecule has 39 heavy (non-hydrogen) atoms. The lowest BCUT2D eigenvalue weighted by atomic mass is 10.00. The minimum absolute atomic E-state index is 0.110. The van der Waals surface area contributed by atoms with Gasteiger partial charge in [0.1, 0.15) is 18.2 Å². The van der Waals surface area contributed by atoms with Crippen LogP contribution in [0.5, 0.6) is 6.01 Å². The summed E-state index contributed by atoms with van der Waals surface area (Å²) in [6, 6.07) is 5.61. The summed E-state index contributed by atoms with van der Waals surface area (Å²) in [6.07, 6.45) is 1.96. The number of ether oxygens (including phenoxy) is 1. The van der Waals surface area contributed by atoms with Crippen LogP contribution in [0.15, 0.2) is 12.1 Å². The molecule has 0 aliphatic carbocycles. The number of hydrogen-bond acceptors (Lipinski definition) is 8. The number of likely N-dealkylation sites (N-methyl/N-ethyl adjacent to an activating group) is 1. The molecule has 208 valence electrons. The third-order valence-corrected chi connectivity index (χ3v) is 8.34. The van der Waals surface area contributed by atoms with Crippen molar-refractivity contribution in [3.05, 3.63) is 40.3 Å². The Labute approximate surface area is 228 Å². The van der Waals surface area contributed by atoms with E-state index in [2.05, 4.69) is 27.8 Å². The van der Waals surface area contributed by atoms with Gasteiger partial charge in [-0.05, 0) is 58.3 Å². The van der Waals surface area contributed by atoms with Gasteiger partial charge in [-0.25, -0.2) is 9.18 Å². The second-order valence-corrected chi connectivity index (χ2v) is 10.8. The Kier molecular flexibility index (Phi) is 7.75. The summed E-state index contributed by atoms with van der Waals surface area (Å²) in [5, 5.41) is 19.0. The van der Waals surface area contributed by atoms with Gasteiger partial charge in [-0.1, -0.05) is 6.07 Å². The molecule has 1 N–H and O–H groups in total. The van der Waals surface area contributed by atoms with Crippen molar-refractivity contribution in [3.8, 4) is 12.1 Å². The van der Waals surface area contributed by atoms with Crippen LogP contribution in [0.2, 0.25) is 0 Å². The molecule has 2 aromatic rings. The molecule has 0 bridgehead atoms. The first-order valence-electron chi connectivity index (χ1n) is 13.6. The molecule has 1 aromatic carbocycles. The smallest absolute Gasteiger partial charge is 0.407 e. The van der Waals surface area contributed by atoms with Gasteiger partial charge in [0.2, 0.25) is 0 Å². The fourth-order valence-corrected chi connectivity index (χ4v) is 6.14. The lowest BCUT2D eigenvalue weighted by Crippen LogP contribution is -2.55. The summed E-state index contributed by atoms with van der Waals surface area (Å²) in [5.41, 5.74) is 4.36. The standard InChI is InChI=1S/C28H36FN7O3/c1-18-6-7-23(29)19(2)25(18)34-12-9-22-24(16-34)31-27(39-17-21-5-4-11-33(21)3)32-26(22)35-13-14-36(28(37)38)20(15-35)8-10-30/h6-7,20-21H,4-5,8-9,11-17H2,1-3H3,(H,37,38)/t20-,21-/m0/s1. The molecule has 2 atom stereocenters. The zero-order chi connectivity index (χ0) is 27.7. The van der Waals surface area contributed by atoms with E-state index in [9.17, 15) is 19.6 Å². The zero-order valence-corrected chi connectivity index (χ0v) is 22.9. The van der Waals surface area contributed by atoms with Crippen LogP contribution in [0.3, 0.4) is 0 Å². The third kappa shape index (κ3) is 5.43. The number of carbonyl (C=O) groups is 1. The number of amides is 1. The molecule has 1 aromatic heterocycles. The van der Waals surface area contributed by atoms with Crippen LogP contribution in [0.25, 0.3) is 0 Å². The van der Waals surface area contributed by atoms with Gasteiger partial charge in [0.25, 0.3) is 0 Å². The van der Waals surface area contributed by atoms with E-state index in [-0.39, 0.29) is 18.8 Å². The van der Waals surface area contributed by atoms with E-state index >= 15 is 0 Å². The fourth-order valence-electron chi connectivity index (χ4n) is 6.14. The minimum atomic E-state index is -1.01. The Balaban J connectivity index is 1.48. The van der Waals surface area contributed by atoms with Crippen molar-refractivity contribution >= 4 is 17.6 Å². The Morgan fingerprint density at radius 1 is 1.18 bits per heavy atom. The Bertz CT molecular complexity index is 1280. The van der Waals surface area contributed by atoms with Gasteiger partial charge in [-0.15, -0.1) is 0 Å². The molecular weight excluding hydrogens is 501 g/mol. The molecule has 11 heteroatoms. The monoisotopic (exact) mass is 537 g/mol. The maximum Gasteiger partial charge on any atom is 0.407 e. The van der Waals surface area contributed by atoms with E-state index in [0.717, 1.165) is 47.7 Å². The van der Waals surface area contributed by atoms with E-state index in [1.54, 1.807) is 0 Å². The number of nitrogens with zero attached hydrogens (tertiary/aromatic N) is 7. The van der Waals surface area contributed by atoms with Crippen molar-refractivity contribution < 1.29 is 19.0 Å².